The van der Waals surface area contributed by atoms with E-state index >= 15 is 0 Å². The fourth-order valence-corrected chi connectivity index (χ4v) is 2.81. The van der Waals surface area contributed by atoms with Crippen molar-refractivity contribution in [2.45, 2.75) is 25.7 Å². The summed E-state index contributed by atoms with van der Waals surface area (Å²) in [5, 5.41) is 3.46. The smallest absolute Gasteiger partial charge is 0.0594 e. The molecule has 4 nitrogen and oxygen atoms in total. The number of hydrogen-bond donors (Lipinski definition) is 1. The number of rotatable bonds is 9. The maximum Gasteiger partial charge on any atom is 0.0594 e. The minimum Gasteiger partial charge on any atom is -0.379 e. The minimum atomic E-state index is 0.855. The van der Waals surface area contributed by atoms with Crippen LogP contribution in [0.15, 0.2) is 0 Å². The predicted molar refractivity (Wildman–Crippen MR) is 75.0 cm³/mol. The van der Waals surface area contributed by atoms with E-state index in [1.165, 1.54) is 58.4 Å². The monoisotopic (exact) mass is 255 g/mol. The summed E-state index contributed by atoms with van der Waals surface area (Å²) in [7, 11) is 0. The fraction of sp³-hybridized carbons (Fsp3) is 1.00. The molecule has 0 unspecified atom stereocenters. The molecular weight excluding hydrogens is 226 g/mol. The van der Waals surface area contributed by atoms with E-state index in [0.717, 1.165) is 32.8 Å². The summed E-state index contributed by atoms with van der Waals surface area (Å²) in [5.74, 6) is 0. The first-order valence-electron chi connectivity index (χ1n) is 7.68. The highest BCUT2D eigenvalue weighted by Gasteiger charge is 2.11. The van der Waals surface area contributed by atoms with E-state index in [1.807, 2.05) is 0 Å². The van der Waals surface area contributed by atoms with Crippen LogP contribution >= 0.6 is 0 Å². The molecule has 0 atom stereocenters. The predicted octanol–water partition coefficient (Wildman–Crippen LogP) is 0.784. The van der Waals surface area contributed by atoms with Crippen LogP contribution in [0.5, 0.6) is 0 Å². The first kappa shape index (κ1) is 14.3. The maximum absolute atomic E-state index is 5.65. The fourth-order valence-electron chi connectivity index (χ4n) is 2.81. The van der Waals surface area contributed by atoms with Crippen LogP contribution in [0.4, 0.5) is 0 Å². The minimum absolute atomic E-state index is 0.855. The highest BCUT2D eigenvalue weighted by atomic mass is 16.5. The summed E-state index contributed by atoms with van der Waals surface area (Å²) >= 11 is 0. The molecule has 0 saturated carbocycles. The molecule has 0 aromatic carbocycles. The highest BCUT2D eigenvalue weighted by Crippen LogP contribution is 2.06. The van der Waals surface area contributed by atoms with Crippen molar-refractivity contribution in [3.05, 3.63) is 0 Å². The molecule has 0 amide bonds. The van der Waals surface area contributed by atoms with Crippen molar-refractivity contribution in [3.8, 4) is 0 Å². The molecule has 4 heteroatoms. The Bertz CT molecular complexity index is 179. The Morgan fingerprint density at radius 2 is 1.33 bits per heavy atom. The van der Waals surface area contributed by atoms with Crippen LogP contribution in [0.1, 0.15) is 25.7 Å². The van der Waals surface area contributed by atoms with Gasteiger partial charge in [0.1, 0.15) is 0 Å². The van der Waals surface area contributed by atoms with Gasteiger partial charge in [-0.05, 0) is 51.9 Å². The molecule has 1 N–H and O–H groups in total. The Morgan fingerprint density at radius 3 is 2.00 bits per heavy atom. The van der Waals surface area contributed by atoms with Crippen LogP contribution in [0.2, 0.25) is 0 Å². The van der Waals surface area contributed by atoms with Gasteiger partial charge in [0.25, 0.3) is 0 Å². The van der Waals surface area contributed by atoms with Crippen LogP contribution in [-0.4, -0.2) is 75.4 Å². The van der Waals surface area contributed by atoms with Crippen molar-refractivity contribution in [3.63, 3.8) is 0 Å². The van der Waals surface area contributed by atoms with Crippen LogP contribution in [-0.2, 0) is 4.74 Å². The zero-order chi connectivity index (χ0) is 12.5. The van der Waals surface area contributed by atoms with Crippen molar-refractivity contribution in [2.75, 3.05) is 65.6 Å². The van der Waals surface area contributed by atoms with Gasteiger partial charge in [0.15, 0.2) is 0 Å². The molecule has 0 spiro atoms. The van der Waals surface area contributed by atoms with Crippen LogP contribution in [0.3, 0.4) is 0 Å². The Hall–Kier alpha value is -0.160. The lowest BCUT2D eigenvalue weighted by atomic mass is 10.4. The van der Waals surface area contributed by atoms with Crippen LogP contribution in [0.25, 0.3) is 0 Å². The standard InChI is InChI=1S/C14H29N3O/c1-2-8-16(7-1)11-5-15-6-13-18-14-12-17-9-3-4-10-17/h15H,1-14H2. The SMILES string of the molecule is C1CCN(CCNCCOCCN2CCCC2)C1. The normalized spacial score (nSPS) is 22.0. The Labute approximate surface area is 112 Å². The molecule has 0 aliphatic carbocycles. The summed E-state index contributed by atoms with van der Waals surface area (Å²) in [6.07, 6.45) is 5.52. The van der Waals surface area contributed by atoms with Crippen molar-refractivity contribution in [1.82, 2.24) is 15.1 Å². The van der Waals surface area contributed by atoms with Gasteiger partial charge in [0.05, 0.1) is 13.2 Å². The van der Waals surface area contributed by atoms with Gasteiger partial charge in [-0.2, -0.15) is 0 Å². The molecule has 2 fully saturated rings. The summed E-state index contributed by atoms with van der Waals surface area (Å²) in [6, 6.07) is 0. The average Bonchev–Trinajstić information content (AvgIpc) is 3.05. The number of likely N-dealkylation sites (tertiary alicyclic amines) is 2. The maximum atomic E-state index is 5.65. The van der Waals surface area contributed by atoms with Gasteiger partial charge in [0, 0.05) is 26.2 Å². The first-order valence-corrected chi connectivity index (χ1v) is 7.68. The number of hydrogen-bond acceptors (Lipinski definition) is 4. The molecule has 0 aromatic heterocycles. The third kappa shape index (κ3) is 5.65. The van der Waals surface area contributed by atoms with Gasteiger partial charge in [-0.25, -0.2) is 0 Å². The van der Waals surface area contributed by atoms with E-state index in [2.05, 4.69) is 15.1 Å². The Kier molecular flexibility index (Phi) is 7.01. The lowest BCUT2D eigenvalue weighted by Gasteiger charge is -2.15. The van der Waals surface area contributed by atoms with E-state index in [4.69, 9.17) is 4.74 Å². The highest BCUT2D eigenvalue weighted by molar-refractivity contribution is 4.67. The van der Waals surface area contributed by atoms with Crippen LogP contribution in [0, 0.1) is 0 Å². The van der Waals surface area contributed by atoms with Crippen molar-refractivity contribution >= 4 is 0 Å². The van der Waals surface area contributed by atoms with E-state index in [9.17, 15) is 0 Å². The molecule has 2 aliphatic rings. The van der Waals surface area contributed by atoms with Crippen molar-refractivity contribution in [1.29, 1.82) is 0 Å². The Morgan fingerprint density at radius 1 is 0.722 bits per heavy atom. The van der Waals surface area contributed by atoms with E-state index < -0.39 is 0 Å². The van der Waals surface area contributed by atoms with E-state index in [-0.39, 0.29) is 0 Å². The number of nitrogens with one attached hydrogen (secondary N) is 1. The molecule has 106 valence electrons. The Balaban J connectivity index is 1.31. The lowest BCUT2D eigenvalue weighted by Crippen LogP contribution is -2.32. The second kappa shape index (κ2) is 8.86. The van der Waals surface area contributed by atoms with Gasteiger partial charge >= 0.3 is 0 Å². The van der Waals surface area contributed by atoms with Crippen LogP contribution < -0.4 is 5.32 Å². The summed E-state index contributed by atoms with van der Waals surface area (Å²) in [4.78, 5) is 5.04. The largest absolute Gasteiger partial charge is 0.379 e. The molecular formula is C14H29N3O. The summed E-state index contributed by atoms with van der Waals surface area (Å²) in [6.45, 7) is 11.3. The van der Waals surface area contributed by atoms with Gasteiger partial charge in [-0.3, -0.25) is 0 Å². The van der Waals surface area contributed by atoms with Crippen molar-refractivity contribution < 1.29 is 4.74 Å². The lowest BCUT2D eigenvalue weighted by molar-refractivity contribution is 0.112. The molecule has 18 heavy (non-hydrogen) atoms. The zero-order valence-corrected chi connectivity index (χ0v) is 11.7. The molecule has 2 aliphatic heterocycles. The second-order valence-corrected chi connectivity index (χ2v) is 5.46. The average molecular weight is 255 g/mol. The van der Waals surface area contributed by atoms with E-state index in [1.54, 1.807) is 0 Å². The molecule has 2 rings (SSSR count). The van der Waals surface area contributed by atoms with Crippen molar-refractivity contribution in [2.24, 2.45) is 0 Å². The molecule has 0 radical (unpaired) electrons. The second-order valence-electron chi connectivity index (χ2n) is 5.46. The number of ether oxygens (including phenoxy) is 1. The molecule has 0 aromatic rings. The topological polar surface area (TPSA) is 27.7 Å². The molecule has 2 heterocycles. The number of nitrogens with zero attached hydrogens (tertiary/aromatic N) is 2. The van der Waals surface area contributed by atoms with Gasteiger partial charge in [-0.15, -0.1) is 0 Å². The van der Waals surface area contributed by atoms with Gasteiger partial charge < -0.3 is 19.9 Å². The zero-order valence-electron chi connectivity index (χ0n) is 11.7. The molecule has 0 bridgehead atoms. The summed E-state index contributed by atoms with van der Waals surface area (Å²) < 4.78 is 5.65. The third-order valence-corrected chi connectivity index (χ3v) is 3.98. The van der Waals surface area contributed by atoms with Gasteiger partial charge in [0.2, 0.25) is 0 Å². The van der Waals surface area contributed by atoms with E-state index in [0.29, 0.717) is 0 Å². The summed E-state index contributed by atoms with van der Waals surface area (Å²) in [5.41, 5.74) is 0. The third-order valence-electron chi connectivity index (χ3n) is 3.98. The molecule has 2 saturated heterocycles. The quantitative estimate of drug-likeness (QED) is 0.616. The first-order chi connectivity index (χ1) is 8.95. The van der Waals surface area contributed by atoms with Gasteiger partial charge in [-0.1, -0.05) is 0 Å².